The van der Waals surface area contributed by atoms with Gasteiger partial charge in [0.2, 0.25) is 0 Å². The predicted octanol–water partition coefficient (Wildman–Crippen LogP) is 3.54. The highest BCUT2D eigenvalue weighted by Crippen LogP contribution is 2.14. The lowest BCUT2D eigenvalue weighted by Crippen LogP contribution is -2.18. The lowest BCUT2D eigenvalue weighted by atomic mass is 10.1. The van der Waals surface area contributed by atoms with Gasteiger partial charge in [-0.15, -0.1) is 0 Å². The molecule has 2 rings (SSSR count). The Hall–Kier alpha value is -2.13. The number of benzene rings is 2. The molecular weight excluding hydrogens is 250 g/mol. The number of hydrogen-bond donors (Lipinski definition) is 2. The molecule has 0 bridgehead atoms. The van der Waals surface area contributed by atoms with Crippen LogP contribution in [-0.4, -0.2) is 11.1 Å². The quantitative estimate of drug-likeness (QED) is 0.872. The van der Waals surface area contributed by atoms with Crippen LogP contribution in [0.25, 0.3) is 0 Å². The predicted molar refractivity (Wildman–Crippen MR) is 79.8 cm³/mol. The number of carboxylic acids is 1. The molecule has 2 aromatic rings. The van der Waals surface area contributed by atoms with Gasteiger partial charge in [0.1, 0.15) is 0 Å². The highest BCUT2D eigenvalue weighted by molar-refractivity contribution is 5.87. The van der Waals surface area contributed by atoms with Gasteiger partial charge in [-0.2, -0.15) is 0 Å². The zero-order chi connectivity index (χ0) is 14.5. The van der Waals surface area contributed by atoms with Crippen LogP contribution in [0.2, 0.25) is 0 Å². The van der Waals surface area contributed by atoms with E-state index in [1.165, 1.54) is 11.1 Å². The van der Waals surface area contributed by atoms with Gasteiger partial charge in [0.25, 0.3) is 0 Å². The Morgan fingerprint density at radius 1 is 1.20 bits per heavy atom. The van der Waals surface area contributed by atoms with E-state index in [1.54, 1.807) is 18.2 Å². The van der Waals surface area contributed by atoms with Crippen molar-refractivity contribution >= 4 is 5.97 Å². The number of rotatable bonds is 5. The van der Waals surface area contributed by atoms with E-state index in [0.29, 0.717) is 12.1 Å². The molecule has 0 fully saturated rings. The van der Waals surface area contributed by atoms with E-state index < -0.39 is 5.97 Å². The second-order valence-electron chi connectivity index (χ2n) is 5.02. The van der Waals surface area contributed by atoms with Crippen molar-refractivity contribution in [2.45, 2.75) is 26.4 Å². The van der Waals surface area contributed by atoms with Crippen molar-refractivity contribution in [2.24, 2.45) is 0 Å². The zero-order valence-electron chi connectivity index (χ0n) is 11.8. The molecule has 104 valence electrons. The van der Waals surface area contributed by atoms with Crippen LogP contribution in [0.5, 0.6) is 0 Å². The molecule has 0 heterocycles. The van der Waals surface area contributed by atoms with Gasteiger partial charge < -0.3 is 10.4 Å². The van der Waals surface area contributed by atoms with E-state index in [2.05, 4.69) is 43.4 Å². The second kappa shape index (κ2) is 6.35. The van der Waals surface area contributed by atoms with E-state index >= 15 is 0 Å². The summed E-state index contributed by atoms with van der Waals surface area (Å²) >= 11 is 0. The molecule has 2 N–H and O–H groups in total. The molecule has 0 aliphatic carbocycles. The van der Waals surface area contributed by atoms with Crippen LogP contribution in [0.4, 0.5) is 0 Å². The molecule has 1 unspecified atom stereocenters. The monoisotopic (exact) mass is 269 g/mol. The third kappa shape index (κ3) is 3.68. The van der Waals surface area contributed by atoms with E-state index in [0.717, 1.165) is 5.56 Å². The molecule has 1 atom stereocenters. The smallest absolute Gasteiger partial charge is 0.335 e. The standard InChI is InChI=1S/C17H19NO2/c1-12-6-8-15(9-7-12)13(2)18-11-14-4-3-5-16(10-14)17(19)20/h3-10,13,18H,11H2,1-2H3,(H,19,20). The van der Waals surface area contributed by atoms with Crippen molar-refractivity contribution < 1.29 is 9.90 Å². The molecule has 0 saturated carbocycles. The summed E-state index contributed by atoms with van der Waals surface area (Å²) in [7, 11) is 0. The number of nitrogens with one attached hydrogen (secondary N) is 1. The van der Waals surface area contributed by atoms with Crippen LogP contribution >= 0.6 is 0 Å². The number of carbonyl (C=O) groups is 1. The summed E-state index contributed by atoms with van der Waals surface area (Å²) in [5.74, 6) is -0.890. The van der Waals surface area contributed by atoms with E-state index in [9.17, 15) is 4.79 Å². The first-order valence-electron chi connectivity index (χ1n) is 6.68. The minimum absolute atomic E-state index is 0.226. The first-order valence-corrected chi connectivity index (χ1v) is 6.68. The highest BCUT2D eigenvalue weighted by Gasteiger charge is 2.06. The second-order valence-corrected chi connectivity index (χ2v) is 5.02. The largest absolute Gasteiger partial charge is 0.478 e. The summed E-state index contributed by atoms with van der Waals surface area (Å²) < 4.78 is 0. The summed E-state index contributed by atoms with van der Waals surface area (Å²) in [6.07, 6.45) is 0. The van der Waals surface area contributed by atoms with Gasteiger partial charge in [-0.3, -0.25) is 0 Å². The van der Waals surface area contributed by atoms with Gasteiger partial charge >= 0.3 is 5.97 Å². The summed E-state index contributed by atoms with van der Waals surface area (Å²) in [6.45, 7) is 4.82. The summed E-state index contributed by atoms with van der Waals surface area (Å²) in [5, 5.41) is 12.4. The Labute approximate surface area is 119 Å². The summed E-state index contributed by atoms with van der Waals surface area (Å²) in [6, 6.07) is 15.7. The normalized spacial score (nSPS) is 12.1. The van der Waals surface area contributed by atoms with Crippen molar-refractivity contribution in [1.29, 1.82) is 0 Å². The summed E-state index contributed by atoms with van der Waals surface area (Å²) in [4.78, 5) is 10.9. The van der Waals surface area contributed by atoms with Crippen molar-refractivity contribution in [3.8, 4) is 0 Å². The van der Waals surface area contributed by atoms with Gasteiger partial charge in [-0.25, -0.2) is 4.79 Å². The molecule has 0 spiro atoms. The van der Waals surface area contributed by atoms with Crippen LogP contribution in [0.3, 0.4) is 0 Å². The van der Waals surface area contributed by atoms with Gasteiger partial charge in [-0.05, 0) is 37.1 Å². The van der Waals surface area contributed by atoms with E-state index in [-0.39, 0.29) is 6.04 Å². The molecular formula is C17H19NO2. The fraction of sp³-hybridized carbons (Fsp3) is 0.235. The number of aromatic carboxylic acids is 1. The molecule has 0 aromatic heterocycles. The van der Waals surface area contributed by atoms with Gasteiger partial charge in [-0.1, -0.05) is 42.0 Å². The Morgan fingerprint density at radius 3 is 2.55 bits per heavy atom. The maximum absolute atomic E-state index is 10.9. The van der Waals surface area contributed by atoms with Crippen LogP contribution < -0.4 is 5.32 Å². The van der Waals surface area contributed by atoms with E-state index in [1.807, 2.05) is 6.07 Å². The lowest BCUT2D eigenvalue weighted by Gasteiger charge is -2.14. The first kappa shape index (κ1) is 14.3. The Morgan fingerprint density at radius 2 is 1.90 bits per heavy atom. The average Bonchev–Trinajstić information content (AvgIpc) is 2.46. The molecule has 0 aliphatic heterocycles. The fourth-order valence-electron chi connectivity index (χ4n) is 2.06. The maximum atomic E-state index is 10.9. The number of aryl methyl sites for hydroxylation is 1. The van der Waals surface area contributed by atoms with Crippen molar-refractivity contribution in [1.82, 2.24) is 5.32 Å². The molecule has 0 amide bonds. The Bertz CT molecular complexity index is 590. The van der Waals surface area contributed by atoms with Gasteiger partial charge in [0.05, 0.1) is 5.56 Å². The minimum atomic E-state index is -0.890. The minimum Gasteiger partial charge on any atom is -0.478 e. The highest BCUT2D eigenvalue weighted by atomic mass is 16.4. The zero-order valence-corrected chi connectivity index (χ0v) is 11.8. The van der Waals surface area contributed by atoms with Gasteiger partial charge in [0.15, 0.2) is 0 Å². The van der Waals surface area contributed by atoms with Crippen molar-refractivity contribution in [3.05, 3.63) is 70.8 Å². The number of carboxylic acid groups (broad SMARTS) is 1. The van der Waals surface area contributed by atoms with Crippen LogP contribution in [0, 0.1) is 6.92 Å². The Balaban J connectivity index is 1.99. The third-order valence-electron chi connectivity index (χ3n) is 3.36. The number of hydrogen-bond acceptors (Lipinski definition) is 2. The van der Waals surface area contributed by atoms with Crippen LogP contribution in [0.15, 0.2) is 48.5 Å². The molecule has 3 heteroatoms. The molecule has 0 radical (unpaired) electrons. The van der Waals surface area contributed by atoms with Crippen LogP contribution in [-0.2, 0) is 6.54 Å². The van der Waals surface area contributed by atoms with Crippen molar-refractivity contribution in [2.75, 3.05) is 0 Å². The summed E-state index contributed by atoms with van der Waals surface area (Å²) in [5.41, 5.74) is 3.77. The first-order chi connectivity index (χ1) is 9.56. The maximum Gasteiger partial charge on any atom is 0.335 e. The van der Waals surface area contributed by atoms with E-state index in [4.69, 9.17) is 5.11 Å². The third-order valence-corrected chi connectivity index (χ3v) is 3.36. The average molecular weight is 269 g/mol. The Kier molecular flexibility index (Phi) is 4.53. The molecule has 20 heavy (non-hydrogen) atoms. The SMILES string of the molecule is Cc1ccc(C(C)NCc2cccc(C(=O)O)c2)cc1. The molecule has 0 saturated heterocycles. The van der Waals surface area contributed by atoms with Crippen molar-refractivity contribution in [3.63, 3.8) is 0 Å². The van der Waals surface area contributed by atoms with Crippen LogP contribution in [0.1, 0.15) is 40.0 Å². The molecule has 0 aliphatic rings. The lowest BCUT2D eigenvalue weighted by molar-refractivity contribution is 0.0696. The van der Waals surface area contributed by atoms with Gasteiger partial charge in [0, 0.05) is 12.6 Å². The molecule has 3 nitrogen and oxygen atoms in total. The fourth-order valence-corrected chi connectivity index (χ4v) is 2.06. The topological polar surface area (TPSA) is 49.3 Å². The molecule has 2 aromatic carbocycles.